The first-order valence-electron chi connectivity index (χ1n) is 5.42. The second-order valence-electron chi connectivity index (χ2n) is 4.42. The number of hydrogen-bond acceptors (Lipinski definition) is 2. The maximum atomic E-state index is 13.0. The van der Waals surface area contributed by atoms with E-state index in [-0.39, 0.29) is 11.4 Å². The highest BCUT2D eigenvalue weighted by Gasteiger charge is 2.27. The van der Waals surface area contributed by atoms with E-state index in [4.69, 9.17) is 5.73 Å². The standard InChI is InChI=1S/C12H17FN2/c13-11-3-1-2-10(8-11)9-12(14)4-6-15-7-5-12/h1-3,8,15H,4-7,9,14H2. The van der Waals surface area contributed by atoms with Crippen LogP contribution >= 0.6 is 0 Å². The third-order valence-electron chi connectivity index (χ3n) is 3.04. The van der Waals surface area contributed by atoms with Gasteiger partial charge in [0.05, 0.1) is 0 Å². The molecule has 0 saturated carbocycles. The minimum atomic E-state index is -0.176. The fraction of sp³-hybridized carbons (Fsp3) is 0.500. The predicted octanol–water partition coefficient (Wildman–Crippen LogP) is 1.45. The third-order valence-corrected chi connectivity index (χ3v) is 3.04. The van der Waals surface area contributed by atoms with Crippen LogP contribution in [-0.4, -0.2) is 18.6 Å². The average Bonchev–Trinajstić information content (AvgIpc) is 2.18. The second-order valence-corrected chi connectivity index (χ2v) is 4.42. The number of nitrogens with one attached hydrogen (secondary N) is 1. The van der Waals surface area contributed by atoms with Crippen molar-refractivity contribution in [2.75, 3.05) is 13.1 Å². The summed E-state index contributed by atoms with van der Waals surface area (Å²) >= 11 is 0. The average molecular weight is 208 g/mol. The number of benzene rings is 1. The summed E-state index contributed by atoms with van der Waals surface area (Å²) in [6.45, 7) is 1.93. The Morgan fingerprint density at radius 1 is 1.33 bits per heavy atom. The largest absolute Gasteiger partial charge is 0.325 e. The number of rotatable bonds is 2. The van der Waals surface area contributed by atoms with Crippen molar-refractivity contribution < 1.29 is 4.39 Å². The zero-order valence-electron chi connectivity index (χ0n) is 8.80. The number of piperidine rings is 1. The first-order valence-corrected chi connectivity index (χ1v) is 5.42. The molecule has 0 unspecified atom stereocenters. The van der Waals surface area contributed by atoms with Gasteiger partial charge in [0, 0.05) is 5.54 Å². The fourth-order valence-electron chi connectivity index (χ4n) is 2.15. The molecule has 1 aliphatic heterocycles. The molecule has 0 aliphatic carbocycles. The Morgan fingerprint density at radius 2 is 2.07 bits per heavy atom. The highest BCUT2D eigenvalue weighted by atomic mass is 19.1. The zero-order chi connectivity index (χ0) is 10.7. The van der Waals surface area contributed by atoms with Crippen LogP contribution in [0.25, 0.3) is 0 Å². The molecular weight excluding hydrogens is 191 g/mol. The molecule has 1 aliphatic rings. The summed E-state index contributed by atoms with van der Waals surface area (Å²) in [5, 5.41) is 3.28. The second kappa shape index (κ2) is 4.29. The molecule has 15 heavy (non-hydrogen) atoms. The molecule has 0 amide bonds. The molecule has 1 aromatic carbocycles. The van der Waals surface area contributed by atoms with E-state index in [0.717, 1.165) is 37.9 Å². The van der Waals surface area contributed by atoms with Gasteiger partial charge in [0.2, 0.25) is 0 Å². The summed E-state index contributed by atoms with van der Waals surface area (Å²) in [4.78, 5) is 0. The quantitative estimate of drug-likeness (QED) is 0.772. The number of nitrogens with two attached hydrogens (primary N) is 1. The molecule has 0 atom stereocenters. The van der Waals surface area contributed by atoms with Crippen LogP contribution in [-0.2, 0) is 6.42 Å². The lowest BCUT2D eigenvalue weighted by Gasteiger charge is -2.34. The van der Waals surface area contributed by atoms with E-state index in [2.05, 4.69) is 5.32 Å². The van der Waals surface area contributed by atoms with Crippen LogP contribution < -0.4 is 11.1 Å². The zero-order valence-corrected chi connectivity index (χ0v) is 8.80. The van der Waals surface area contributed by atoms with E-state index in [1.807, 2.05) is 6.07 Å². The summed E-state index contributed by atoms with van der Waals surface area (Å²) in [5.41, 5.74) is 7.12. The van der Waals surface area contributed by atoms with Crippen LogP contribution in [0.2, 0.25) is 0 Å². The molecule has 0 spiro atoms. The molecule has 2 rings (SSSR count). The minimum Gasteiger partial charge on any atom is -0.325 e. The minimum absolute atomic E-state index is 0.154. The fourth-order valence-corrected chi connectivity index (χ4v) is 2.15. The Kier molecular flexibility index (Phi) is 3.03. The van der Waals surface area contributed by atoms with E-state index in [0.29, 0.717) is 0 Å². The van der Waals surface area contributed by atoms with Crippen molar-refractivity contribution in [1.29, 1.82) is 0 Å². The Bertz CT molecular complexity index is 332. The van der Waals surface area contributed by atoms with E-state index in [9.17, 15) is 4.39 Å². The van der Waals surface area contributed by atoms with Crippen LogP contribution in [0.3, 0.4) is 0 Å². The van der Waals surface area contributed by atoms with Gasteiger partial charge in [-0.25, -0.2) is 4.39 Å². The van der Waals surface area contributed by atoms with E-state index < -0.39 is 0 Å². The maximum absolute atomic E-state index is 13.0. The first-order chi connectivity index (χ1) is 7.18. The molecule has 0 radical (unpaired) electrons. The van der Waals surface area contributed by atoms with Gasteiger partial charge in [-0.3, -0.25) is 0 Å². The van der Waals surface area contributed by atoms with Crippen LogP contribution in [0.5, 0.6) is 0 Å². The molecule has 82 valence electrons. The van der Waals surface area contributed by atoms with Crippen molar-refractivity contribution in [3.63, 3.8) is 0 Å². The van der Waals surface area contributed by atoms with E-state index in [1.165, 1.54) is 6.07 Å². The van der Waals surface area contributed by atoms with Gasteiger partial charge in [-0.1, -0.05) is 12.1 Å². The number of halogens is 1. The van der Waals surface area contributed by atoms with Crippen molar-refractivity contribution in [2.24, 2.45) is 5.73 Å². The van der Waals surface area contributed by atoms with Gasteiger partial charge >= 0.3 is 0 Å². The normalized spacial score (nSPS) is 20.1. The van der Waals surface area contributed by atoms with Crippen LogP contribution in [0.1, 0.15) is 18.4 Å². The SMILES string of the molecule is NC1(Cc2cccc(F)c2)CCNCC1. The first kappa shape index (κ1) is 10.6. The predicted molar refractivity (Wildman–Crippen MR) is 59.1 cm³/mol. The molecule has 2 nitrogen and oxygen atoms in total. The summed E-state index contributed by atoms with van der Waals surface area (Å²) in [6, 6.07) is 6.74. The van der Waals surface area contributed by atoms with Crippen molar-refractivity contribution in [3.05, 3.63) is 35.6 Å². The van der Waals surface area contributed by atoms with Crippen LogP contribution in [0.4, 0.5) is 4.39 Å². The van der Waals surface area contributed by atoms with Gasteiger partial charge in [0.15, 0.2) is 0 Å². The molecule has 0 bridgehead atoms. The van der Waals surface area contributed by atoms with Crippen LogP contribution in [0, 0.1) is 5.82 Å². The molecular formula is C12H17FN2. The molecule has 0 aromatic heterocycles. The van der Waals surface area contributed by atoms with Gasteiger partial charge in [-0.2, -0.15) is 0 Å². The molecule has 1 saturated heterocycles. The van der Waals surface area contributed by atoms with Gasteiger partial charge in [-0.05, 0) is 50.0 Å². The summed E-state index contributed by atoms with van der Waals surface area (Å²) < 4.78 is 13.0. The van der Waals surface area contributed by atoms with Gasteiger partial charge in [-0.15, -0.1) is 0 Å². The molecule has 1 heterocycles. The highest BCUT2D eigenvalue weighted by Crippen LogP contribution is 2.20. The van der Waals surface area contributed by atoms with Gasteiger partial charge in [0.1, 0.15) is 5.82 Å². The molecule has 1 aromatic rings. The summed E-state index contributed by atoms with van der Waals surface area (Å²) in [5.74, 6) is -0.176. The Labute approximate surface area is 89.7 Å². The van der Waals surface area contributed by atoms with E-state index >= 15 is 0 Å². The smallest absolute Gasteiger partial charge is 0.123 e. The van der Waals surface area contributed by atoms with Gasteiger partial charge in [0.25, 0.3) is 0 Å². The lowest BCUT2D eigenvalue weighted by atomic mass is 9.83. The summed E-state index contributed by atoms with van der Waals surface area (Å²) in [6.07, 6.45) is 2.69. The highest BCUT2D eigenvalue weighted by molar-refractivity contribution is 5.19. The van der Waals surface area contributed by atoms with Crippen molar-refractivity contribution in [3.8, 4) is 0 Å². The van der Waals surface area contributed by atoms with Crippen LogP contribution in [0.15, 0.2) is 24.3 Å². The molecule has 1 fully saturated rings. The third kappa shape index (κ3) is 2.76. The van der Waals surface area contributed by atoms with Crippen molar-refractivity contribution in [1.82, 2.24) is 5.32 Å². The Balaban J connectivity index is 2.06. The topological polar surface area (TPSA) is 38.0 Å². The van der Waals surface area contributed by atoms with Gasteiger partial charge < -0.3 is 11.1 Å². The lowest BCUT2D eigenvalue weighted by molar-refractivity contribution is 0.308. The lowest BCUT2D eigenvalue weighted by Crippen LogP contribution is -2.50. The van der Waals surface area contributed by atoms with E-state index in [1.54, 1.807) is 12.1 Å². The monoisotopic (exact) mass is 208 g/mol. The maximum Gasteiger partial charge on any atom is 0.123 e. The molecule has 3 heteroatoms. The Hall–Kier alpha value is -0.930. The Morgan fingerprint density at radius 3 is 2.73 bits per heavy atom. The number of hydrogen-bond donors (Lipinski definition) is 2. The van der Waals surface area contributed by atoms with Crippen molar-refractivity contribution in [2.45, 2.75) is 24.8 Å². The molecule has 3 N–H and O–H groups in total. The summed E-state index contributed by atoms with van der Waals surface area (Å²) in [7, 11) is 0. The van der Waals surface area contributed by atoms with Crippen molar-refractivity contribution >= 4 is 0 Å².